The molecular weight excluding hydrogens is 270 g/mol. The predicted octanol–water partition coefficient (Wildman–Crippen LogP) is 1.40. The first-order valence-electron chi connectivity index (χ1n) is 6.86. The molecule has 6 nitrogen and oxygen atoms in total. The molecule has 0 aromatic heterocycles. The maximum absolute atomic E-state index is 11.9. The van der Waals surface area contributed by atoms with Crippen molar-refractivity contribution >= 4 is 12.0 Å². The van der Waals surface area contributed by atoms with Crippen molar-refractivity contribution < 1.29 is 14.3 Å². The maximum Gasteiger partial charge on any atom is 0.407 e. The molecule has 4 N–H and O–H groups in total. The number of benzene rings is 1. The molecule has 1 aromatic rings. The Hall–Kier alpha value is -2.08. The zero-order valence-electron chi connectivity index (χ0n) is 12.7. The lowest BCUT2D eigenvalue weighted by Gasteiger charge is -2.19. The van der Waals surface area contributed by atoms with E-state index in [-0.39, 0.29) is 5.91 Å². The molecule has 0 fully saturated rings. The third kappa shape index (κ3) is 6.76. The molecule has 0 atom stereocenters. The van der Waals surface area contributed by atoms with E-state index in [4.69, 9.17) is 10.5 Å². The van der Waals surface area contributed by atoms with Crippen molar-refractivity contribution in [1.82, 2.24) is 10.6 Å². The van der Waals surface area contributed by atoms with Crippen LogP contribution in [0.3, 0.4) is 0 Å². The lowest BCUT2D eigenvalue weighted by Crippen LogP contribution is -2.37. The van der Waals surface area contributed by atoms with Gasteiger partial charge in [-0.2, -0.15) is 0 Å². The molecular formula is C15H23N3O3. The lowest BCUT2D eigenvalue weighted by molar-refractivity contribution is 0.0526. The second-order valence-corrected chi connectivity index (χ2v) is 5.59. The molecule has 1 aromatic carbocycles. The summed E-state index contributed by atoms with van der Waals surface area (Å²) >= 11 is 0. The Bertz CT molecular complexity index is 495. The van der Waals surface area contributed by atoms with E-state index in [1.165, 1.54) is 0 Å². The average Bonchev–Trinajstić information content (AvgIpc) is 2.41. The molecule has 1 rings (SSSR count). The van der Waals surface area contributed by atoms with Crippen LogP contribution < -0.4 is 16.4 Å². The van der Waals surface area contributed by atoms with Crippen LogP contribution in [0.5, 0.6) is 0 Å². The highest BCUT2D eigenvalue weighted by molar-refractivity contribution is 5.94. The van der Waals surface area contributed by atoms with Gasteiger partial charge >= 0.3 is 6.09 Å². The standard InChI is InChI=1S/C15H23N3O3/c1-15(2,3)21-14(20)18-8-7-17-13(19)12-6-4-5-11(9-12)10-16/h4-6,9H,7-8,10,16H2,1-3H3,(H,17,19)(H,18,20). The number of carbonyl (C=O) groups excluding carboxylic acids is 2. The number of amides is 2. The third-order valence-corrected chi connectivity index (χ3v) is 2.50. The van der Waals surface area contributed by atoms with Gasteiger partial charge in [0.1, 0.15) is 5.60 Å². The normalized spacial score (nSPS) is 10.9. The van der Waals surface area contributed by atoms with E-state index in [0.29, 0.717) is 25.2 Å². The maximum atomic E-state index is 11.9. The summed E-state index contributed by atoms with van der Waals surface area (Å²) in [5, 5.41) is 5.29. The monoisotopic (exact) mass is 293 g/mol. The van der Waals surface area contributed by atoms with Crippen molar-refractivity contribution in [3.05, 3.63) is 35.4 Å². The van der Waals surface area contributed by atoms with E-state index < -0.39 is 11.7 Å². The van der Waals surface area contributed by atoms with Gasteiger partial charge < -0.3 is 21.1 Å². The Morgan fingerprint density at radius 1 is 1.19 bits per heavy atom. The number of nitrogens with one attached hydrogen (secondary N) is 2. The molecule has 0 unspecified atom stereocenters. The van der Waals surface area contributed by atoms with Crippen LogP contribution in [0.15, 0.2) is 24.3 Å². The van der Waals surface area contributed by atoms with E-state index in [1.807, 2.05) is 6.07 Å². The van der Waals surface area contributed by atoms with Gasteiger partial charge in [-0.05, 0) is 38.5 Å². The molecule has 0 radical (unpaired) electrons. The Morgan fingerprint density at radius 2 is 1.86 bits per heavy atom. The number of hydrogen-bond donors (Lipinski definition) is 3. The summed E-state index contributed by atoms with van der Waals surface area (Å²) in [5.41, 5.74) is 6.45. The van der Waals surface area contributed by atoms with E-state index in [2.05, 4.69) is 10.6 Å². The zero-order valence-corrected chi connectivity index (χ0v) is 12.7. The van der Waals surface area contributed by atoms with Gasteiger partial charge in [-0.25, -0.2) is 4.79 Å². The highest BCUT2D eigenvalue weighted by Gasteiger charge is 2.15. The predicted molar refractivity (Wildman–Crippen MR) is 80.9 cm³/mol. The molecule has 0 saturated carbocycles. The highest BCUT2D eigenvalue weighted by Crippen LogP contribution is 2.06. The minimum Gasteiger partial charge on any atom is -0.444 e. The second kappa shape index (κ2) is 7.64. The number of carbonyl (C=O) groups is 2. The Labute approximate surface area is 125 Å². The van der Waals surface area contributed by atoms with Crippen LogP contribution >= 0.6 is 0 Å². The van der Waals surface area contributed by atoms with Crippen molar-refractivity contribution in [3.63, 3.8) is 0 Å². The van der Waals surface area contributed by atoms with E-state index in [1.54, 1.807) is 39.0 Å². The van der Waals surface area contributed by atoms with Crippen molar-refractivity contribution in [2.45, 2.75) is 32.9 Å². The fraction of sp³-hybridized carbons (Fsp3) is 0.467. The van der Waals surface area contributed by atoms with Gasteiger partial charge in [-0.1, -0.05) is 12.1 Å². The number of hydrogen-bond acceptors (Lipinski definition) is 4. The Kier molecular flexibility index (Phi) is 6.17. The average molecular weight is 293 g/mol. The molecule has 0 aliphatic heterocycles. The van der Waals surface area contributed by atoms with Gasteiger partial charge in [0.2, 0.25) is 0 Å². The van der Waals surface area contributed by atoms with Crippen LogP contribution in [-0.4, -0.2) is 30.7 Å². The van der Waals surface area contributed by atoms with E-state index in [9.17, 15) is 9.59 Å². The van der Waals surface area contributed by atoms with Gasteiger partial charge in [0.05, 0.1) is 0 Å². The summed E-state index contributed by atoms with van der Waals surface area (Å²) < 4.78 is 5.08. The van der Waals surface area contributed by atoms with Crippen LogP contribution in [0.1, 0.15) is 36.7 Å². The Morgan fingerprint density at radius 3 is 2.48 bits per heavy atom. The molecule has 0 heterocycles. The molecule has 2 amide bonds. The summed E-state index contributed by atoms with van der Waals surface area (Å²) in [6, 6.07) is 7.11. The fourth-order valence-electron chi connectivity index (χ4n) is 1.60. The molecule has 0 aliphatic carbocycles. The summed E-state index contributed by atoms with van der Waals surface area (Å²) in [7, 11) is 0. The summed E-state index contributed by atoms with van der Waals surface area (Å²) in [4.78, 5) is 23.3. The fourth-order valence-corrected chi connectivity index (χ4v) is 1.60. The SMILES string of the molecule is CC(C)(C)OC(=O)NCCNC(=O)c1cccc(CN)c1. The van der Waals surface area contributed by atoms with Gasteiger partial charge in [-0.15, -0.1) is 0 Å². The van der Waals surface area contributed by atoms with Crippen LogP contribution in [0.4, 0.5) is 4.79 Å². The number of nitrogens with two attached hydrogens (primary N) is 1. The summed E-state index contributed by atoms with van der Waals surface area (Å²) in [6.07, 6.45) is -0.498. The first kappa shape index (κ1) is 17.0. The minimum absolute atomic E-state index is 0.198. The number of alkyl carbamates (subject to hydrolysis) is 1. The third-order valence-electron chi connectivity index (χ3n) is 2.50. The van der Waals surface area contributed by atoms with Gasteiger partial charge in [0, 0.05) is 25.2 Å². The first-order valence-corrected chi connectivity index (χ1v) is 6.86. The van der Waals surface area contributed by atoms with Gasteiger partial charge in [-0.3, -0.25) is 4.79 Å². The first-order chi connectivity index (χ1) is 9.81. The molecule has 0 spiro atoms. The second-order valence-electron chi connectivity index (χ2n) is 5.59. The summed E-state index contributed by atoms with van der Waals surface area (Å²) in [6.45, 7) is 6.39. The molecule has 0 bridgehead atoms. The van der Waals surface area contributed by atoms with Crippen LogP contribution in [0, 0.1) is 0 Å². The van der Waals surface area contributed by atoms with Crippen LogP contribution in [0.2, 0.25) is 0 Å². The van der Waals surface area contributed by atoms with Crippen molar-refractivity contribution in [3.8, 4) is 0 Å². The summed E-state index contributed by atoms with van der Waals surface area (Å²) in [5.74, 6) is -0.198. The van der Waals surface area contributed by atoms with Crippen LogP contribution in [-0.2, 0) is 11.3 Å². The number of ether oxygens (including phenoxy) is 1. The largest absolute Gasteiger partial charge is 0.444 e. The molecule has 0 aliphatic rings. The topological polar surface area (TPSA) is 93.5 Å². The minimum atomic E-state index is -0.532. The number of rotatable bonds is 5. The van der Waals surface area contributed by atoms with Crippen molar-refractivity contribution in [1.29, 1.82) is 0 Å². The van der Waals surface area contributed by atoms with Gasteiger partial charge in [0.15, 0.2) is 0 Å². The van der Waals surface area contributed by atoms with Crippen molar-refractivity contribution in [2.24, 2.45) is 5.73 Å². The van der Waals surface area contributed by atoms with E-state index >= 15 is 0 Å². The smallest absolute Gasteiger partial charge is 0.407 e. The van der Waals surface area contributed by atoms with Gasteiger partial charge in [0.25, 0.3) is 5.91 Å². The van der Waals surface area contributed by atoms with Crippen LogP contribution in [0.25, 0.3) is 0 Å². The zero-order chi connectivity index (χ0) is 15.9. The lowest BCUT2D eigenvalue weighted by atomic mass is 10.1. The molecule has 21 heavy (non-hydrogen) atoms. The van der Waals surface area contributed by atoms with Crippen molar-refractivity contribution in [2.75, 3.05) is 13.1 Å². The molecule has 0 saturated heterocycles. The Balaban J connectivity index is 2.32. The highest BCUT2D eigenvalue weighted by atomic mass is 16.6. The quantitative estimate of drug-likeness (QED) is 0.715. The van der Waals surface area contributed by atoms with E-state index in [0.717, 1.165) is 5.56 Å². The molecule has 6 heteroatoms. The molecule has 116 valence electrons.